The molecule has 1 aromatic carbocycles. The number of hydrogen-bond donors (Lipinski definition) is 1. The van der Waals surface area contributed by atoms with Crippen molar-refractivity contribution in [2.24, 2.45) is 0 Å². The molecule has 1 atom stereocenters. The number of hydrogen-bond acceptors (Lipinski definition) is 4. The molecular weight excluding hydrogens is 350 g/mol. The number of carbonyl (C=O) groups is 1. The molecule has 0 saturated carbocycles. The van der Waals surface area contributed by atoms with E-state index in [-0.39, 0.29) is 11.9 Å². The molecule has 3 aromatic rings. The third-order valence-electron chi connectivity index (χ3n) is 4.81. The maximum atomic E-state index is 12.6. The predicted molar refractivity (Wildman–Crippen MR) is 101 cm³/mol. The zero-order valence-corrected chi connectivity index (χ0v) is 15.1. The van der Waals surface area contributed by atoms with Crippen LogP contribution >= 0.6 is 11.6 Å². The van der Waals surface area contributed by atoms with Crippen molar-refractivity contribution in [3.05, 3.63) is 65.2 Å². The average molecular weight is 370 g/mol. The highest BCUT2D eigenvalue weighted by atomic mass is 35.5. The average Bonchev–Trinajstić information content (AvgIpc) is 3.32. The zero-order valence-electron chi connectivity index (χ0n) is 14.3. The SMILES string of the molecule is O=C(NCc1ccco1)C1CCCN1Cc1cc2ccccc2nc1Cl. The van der Waals surface area contributed by atoms with Crippen molar-refractivity contribution in [2.75, 3.05) is 6.54 Å². The number of likely N-dealkylation sites (tertiary alicyclic amines) is 1. The fraction of sp³-hybridized carbons (Fsp3) is 0.300. The van der Waals surface area contributed by atoms with Gasteiger partial charge in [0.05, 0.1) is 24.4 Å². The molecule has 1 aliphatic rings. The molecule has 1 fully saturated rings. The summed E-state index contributed by atoms with van der Waals surface area (Å²) >= 11 is 6.39. The summed E-state index contributed by atoms with van der Waals surface area (Å²) in [5, 5.41) is 4.53. The number of nitrogens with zero attached hydrogens (tertiary/aromatic N) is 2. The molecule has 26 heavy (non-hydrogen) atoms. The third-order valence-corrected chi connectivity index (χ3v) is 5.13. The van der Waals surface area contributed by atoms with Crippen molar-refractivity contribution in [1.82, 2.24) is 15.2 Å². The summed E-state index contributed by atoms with van der Waals surface area (Å²) in [6.45, 7) is 1.91. The largest absolute Gasteiger partial charge is 0.467 e. The first-order valence-corrected chi connectivity index (χ1v) is 9.17. The summed E-state index contributed by atoms with van der Waals surface area (Å²) in [6, 6.07) is 13.5. The van der Waals surface area contributed by atoms with Gasteiger partial charge in [0.25, 0.3) is 0 Å². The summed E-state index contributed by atoms with van der Waals surface area (Å²) < 4.78 is 5.27. The van der Waals surface area contributed by atoms with Gasteiger partial charge in [0.15, 0.2) is 0 Å². The lowest BCUT2D eigenvalue weighted by molar-refractivity contribution is -0.125. The van der Waals surface area contributed by atoms with E-state index in [0.29, 0.717) is 18.2 Å². The molecule has 1 N–H and O–H groups in total. The van der Waals surface area contributed by atoms with Gasteiger partial charge in [-0.1, -0.05) is 29.8 Å². The Morgan fingerprint density at radius 3 is 3.04 bits per heavy atom. The first-order valence-electron chi connectivity index (χ1n) is 8.79. The Hall–Kier alpha value is -2.37. The molecule has 1 amide bonds. The number of fused-ring (bicyclic) bond motifs is 1. The highest BCUT2D eigenvalue weighted by molar-refractivity contribution is 6.30. The van der Waals surface area contributed by atoms with Crippen LogP contribution in [0.3, 0.4) is 0 Å². The van der Waals surface area contributed by atoms with Crippen molar-refractivity contribution in [3.63, 3.8) is 0 Å². The van der Waals surface area contributed by atoms with Crippen molar-refractivity contribution in [3.8, 4) is 0 Å². The molecule has 4 rings (SSSR count). The molecule has 1 aliphatic heterocycles. The highest BCUT2D eigenvalue weighted by Gasteiger charge is 2.31. The maximum Gasteiger partial charge on any atom is 0.237 e. The number of amides is 1. The molecule has 134 valence electrons. The minimum Gasteiger partial charge on any atom is -0.467 e. The number of furan rings is 1. The van der Waals surface area contributed by atoms with Crippen LogP contribution in [-0.2, 0) is 17.9 Å². The monoisotopic (exact) mass is 369 g/mol. The van der Waals surface area contributed by atoms with Crippen LogP contribution < -0.4 is 5.32 Å². The molecule has 3 heterocycles. The Morgan fingerprint density at radius 2 is 2.19 bits per heavy atom. The Morgan fingerprint density at radius 1 is 1.31 bits per heavy atom. The number of nitrogens with one attached hydrogen (secondary N) is 1. The summed E-state index contributed by atoms with van der Waals surface area (Å²) in [5.74, 6) is 0.786. The van der Waals surface area contributed by atoms with E-state index in [1.54, 1.807) is 6.26 Å². The van der Waals surface area contributed by atoms with E-state index in [4.69, 9.17) is 16.0 Å². The molecule has 2 aromatic heterocycles. The number of aromatic nitrogens is 1. The first kappa shape index (κ1) is 17.1. The fourth-order valence-electron chi connectivity index (χ4n) is 3.48. The van der Waals surface area contributed by atoms with Crippen LogP contribution in [0.15, 0.2) is 53.1 Å². The lowest BCUT2D eigenvalue weighted by Gasteiger charge is -2.24. The Bertz CT molecular complexity index is 911. The summed E-state index contributed by atoms with van der Waals surface area (Å²) in [7, 11) is 0. The molecule has 0 aliphatic carbocycles. The van der Waals surface area contributed by atoms with Crippen LogP contribution in [-0.4, -0.2) is 28.4 Å². The second-order valence-corrected chi connectivity index (χ2v) is 6.91. The number of carbonyl (C=O) groups excluding carboxylic acids is 1. The summed E-state index contributed by atoms with van der Waals surface area (Å²) in [4.78, 5) is 19.3. The minimum atomic E-state index is -0.146. The summed E-state index contributed by atoms with van der Waals surface area (Å²) in [6.07, 6.45) is 3.46. The van der Waals surface area contributed by atoms with Crippen molar-refractivity contribution in [1.29, 1.82) is 0 Å². The van der Waals surface area contributed by atoms with Crippen molar-refractivity contribution >= 4 is 28.4 Å². The highest BCUT2D eigenvalue weighted by Crippen LogP contribution is 2.26. The molecular formula is C20H20ClN3O2. The normalized spacial score (nSPS) is 17.7. The summed E-state index contributed by atoms with van der Waals surface area (Å²) in [5.41, 5.74) is 1.84. The quantitative estimate of drug-likeness (QED) is 0.696. The molecule has 6 heteroatoms. The van der Waals surface area contributed by atoms with Crippen LogP contribution in [0.1, 0.15) is 24.2 Å². The van der Waals surface area contributed by atoms with Crippen molar-refractivity contribution < 1.29 is 9.21 Å². The van der Waals surface area contributed by atoms with Gasteiger partial charge < -0.3 is 9.73 Å². The minimum absolute atomic E-state index is 0.0313. The van der Waals surface area contributed by atoms with E-state index in [2.05, 4.69) is 21.3 Å². The molecule has 0 radical (unpaired) electrons. The number of rotatable bonds is 5. The molecule has 0 spiro atoms. The third kappa shape index (κ3) is 3.59. The topological polar surface area (TPSA) is 58.4 Å². The smallest absolute Gasteiger partial charge is 0.237 e. The van der Waals surface area contributed by atoms with Crippen LogP contribution in [0.5, 0.6) is 0 Å². The van der Waals surface area contributed by atoms with Gasteiger partial charge in [0.1, 0.15) is 10.9 Å². The second kappa shape index (κ2) is 7.48. The maximum absolute atomic E-state index is 12.6. The van der Waals surface area contributed by atoms with Crippen LogP contribution in [0.2, 0.25) is 5.15 Å². The van der Waals surface area contributed by atoms with E-state index in [1.807, 2.05) is 36.4 Å². The van der Waals surface area contributed by atoms with Gasteiger partial charge in [-0.2, -0.15) is 0 Å². The molecule has 0 bridgehead atoms. The number of pyridine rings is 1. The standard InChI is InChI=1S/C20H20ClN3O2/c21-19-15(11-14-5-1-2-7-17(14)23-19)13-24-9-3-8-18(24)20(25)22-12-16-6-4-10-26-16/h1-2,4-7,10-11,18H,3,8-9,12-13H2,(H,22,25). The number of para-hydroxylation sites is 1. The van der Waals surface area contributed by atoms with Gasteiger partial charge in [-0.05, 0) is 43.7 Å². The van der Waals surface area contributed by atoms with E-state index < -0.39 is 0 Å². The second-order valence-electron chi connectivity index (χ2n) is 6.56. The Labute approximate surface area is 157 Å². The van der Waals surface area contributed by atoms with Gasteiger partial charge in [-0.3, -0.25) is 9.69 Å². The van der Waals surface area contributed by atoms with Crippen molar-refractivity contribution in [2.45, 2.75) is 32.0 Å². The Kier molecular flexibility index (Phi) is 4.91. The van der Waals surface area contributed by atoms with E-state index >= 15 is 0 Å². The van der Waals surface area contributed by atoms with E-state index in [1.165, 1.54) is 0 Å². The fourth-order valence-corrected chi connectivity index (χ4v) is 3.69. The number of benzene rings is 1. The first-order chi connectivity index (χ1) is 12.7. The number of halogens is 1. The molecule has 5 nitrogen and oxygen atoms in total. The lowest BCUT2D eigenvalue weighted by atomic mass is 10.1. The molecule has 1 unspecified atom stereocenters. The lowest BCUT2D eigenvalue weighted by Crippen LogP contribution is -2.42. The van der Waals surface area contributed by atoms with E-state index in [0.717, 1.165) is 41.6 Å². The molecule has 1 saturated heterocycles. The van der Waals surface area contributed by atoms with E-state index in [9.17, 15) is 4.79 Å². The van der Waals surface area contributed by atoms with Crippen LogP contribution in [0, 0.1) is 0 Å². The van der Waals surface area contributed by atoms with Gasteiger partial charge in [0, 0.05) is 17.5 Å². The van der Waals surface area contributed by atoms with Gasteiger partial charge >= 0.3 is 0 Å². The zero-order chi connectivity index (χ0) is 17.9. The van der Waals surface area contributed by atoms with Gasteiger partial charge in [-0.15, -0.1) is 0 Å². The van der Waals surface area contributed by atoms with Crippen LogP contribution in [0.4, 0.5) is 0 Å². The van der Waals surface area contributed by atoms with Gasteiger partial charge in [0.2, 0.25) is 5.91 Å². The Balaban J connectivity index is 1.46. The van der Waals surface area contributed by atoms with Gasteiger partial charge in [-0.25, -0.2) is 4.98 Å². The predicted octanol–water partition coefficient (Wildman–Crippen LogP) is 3.76. The van der Waals surface area contributed by atoms with Crippen LogP contribution in [0.25, 0.3) is 10.9 Å².